The highest BCUT2D eigenvalue weighted by Gasteiger charge is 2.15. The maximum atomic E-state index is 13.3. The van der Waals surface area contributed by atoms with Gasteiger partial charge in [-0.15, -0.1) is 0 Å². The van der Waals surface area contributed by atoms with Crippen LogP contribution in [0.15, 0.2) is 87.2 Å². The van der Waals surface area contributed by atoms with E-state index in [2.05, 4.69) is 26.2 Å². The van der Waals surface area contributed by atoms with Crippen molar-refractivity contribution >= 4 is 50.2 Å². The highest BCUT2D eigenvalue weighted by molar-refractivity contribution is 9.10. The van der Waals surface area contributed by atoms with E-state index < -0.39 is 0 Å². The molecule has 0 aliphatic rings. The van der Waals surface area contributed by atoms with Crippen LogP contribution in [0.5, 0.6) is 5.75 Å². The highest BCUT2D eigenvalue weighted by Crippen LogP contribution is 2.24. The molecule has 0 atom stereocenters. The maximum Gasteiger partial charge on any atom is 0.266 e. The molecule has 0 radical (unpaired) electrons. The van der Waals surface area contributed by atoms with Crippen LogP contribution in [0, 0.1) is 0 Å². The van der Waals surface area contributed by atoms with E-state index in [0.29, 0.717) is 33.2 Å². The number of rotatable bonds is 6. The molecule has 8 heteroatoms. The maximum absolute atomic E-state index is 13.3. The van der Waals surface area contributed by atoms with E-state index in [1.165, 1.54) is 16.3 Å². The van der Waals surface area contributed by atoms with Crippen molar-refractivity contribution in [3.05, 3.63) is 87.6 Å². The summed E-state index contributed by atoms with van der Waals surface area (Å²) in [6.07, 6.45) is 0. The van der Waals surface area contributed by atoms with E-state index in [1.807, 2.05) is 48.5 Å². The molecule has 156 valence electrons. The van der Waals surface area contributed by atoms with Gasteiger partial charge in [-0.25, -0.2) is 4.98 Å². The van der Waals surface area contributed by atoms with Crippen molar-refractivity contribution in [2.75, 3.05) is 18.2 Å². The second-order valence-electron chi connectivity index (χ2n) is 6.60. The molecule has 0 aliphatic heterocycles. The zero-order valence-electron chi connectivity index (χ0n) is 16.5. The quantitative estimate of drug-likeness (QED) is 0.304. The molecule has 31 heavy (non-hydrogen) atoms. The second kappa shape index (κ2) is 9.36. The number of para-hydroxylation sites is 1. The molecule has 6 nitrogen and oxygen atoms in total. The zero-order chi connectivity index (χ0) is 21.8. The van der Waals surface area contributed by atoms with Crippen LogP contribution in [0.3, 0.4) is 0 Å². The van der Waals surface area contributed by atoms with Crippen molar-refractivity contribution in [2.45, 2.75) is 5.16 Å². The minimum Gasteiger partial charge on any atom is -0.497 e. The number of anilines is 1. The first-order valence-electron chi connectivity index (χ1n) is 9.39. The molecule has 1 heterocycles. The SMILES string of the molecule is COc1cccc(-n2c(SCC(=O)Nc3ccc(Br)cc3)nc3ccccc3c2=O)c1. The fourth-order valence-corrected chi connectivity index (χ4v) is 4.12. The van der Waals surface area contributed by atoms with Gasteiger partial charge < -0.3 is 10.1 Å². The van der Waals surface area contributed by atoms with Crippen molar-refractivity contribution in [3.63, 3.8) is 0 Å². The van der Waals surface area contributed by atoms with Crippen LogP contribution in [0.2, 0.25) is 0 Å². The number of carbonyl (C=O) groups is 1. The van der Waals surface area contributed by atoms with Gasteiger partial charge in [-0.05, 0) is 48.5 Å². The van der Waals surface area contributed by atoms with Gasteiger partial charge in [0.2, 0.25) is 5.91 Å². The smallest absolute Gasteiger partial charge is 0.266 e. The number of aromatic nitrogens is 2. The van der Waals surface area contributed by atoms with E-state index >= 15 is 0 Å². The number of thioether (sulfide) groups is 1. The number of ether oxygens (including phenoxy) is 1. The number of carbonyl (C=O) groups excluding carboxylic acids is 1. The third-order valence-electron chi connectivity index (χ3n) is 4.52. The summed E-state index contributed by atoms with van der Waals surface area (Å²) >= 11 is 4.58. The lowest BCUT2D eigenvalue weighted by atomic mass is 10.2. The predicted octanol–water partition coefficient (Wildman–Crippen LogP) is 4.89. The van der Waals surface area contributed by atoms with E-state index in [-0.39, 0.29) is 17.2 Å². The Kier molecular flexibility index (Phi) is 6.39. The zero-order valence-corrected chi connectivity index (χ0v) is 18.9. The number of nitrogens with zero attached hydrogens (tertiary/aromatic N) is 2. The van der Waals surface area contributed by atoms with Crippen molar-refractivity contribution < 1.29 is 9.53 Å². The van der Waals surface area contributed by atoms with Crippen LogP contribution in [-0.4, -0.2) is 28.3 Å². The molecule has 0 unspecified atom stereocenters. The summed E-state index contributed by atoms with van der Waals surface area (Å²) < 4.78 is 7.76. The normalized spacial score (nSPS) is 10.8. The molecule has 4 aromatic rings. The number of amides is 1. The van der Waals surface area contributed by atoms with Gasteiger partial charge in [0.15, 0.2) is 5.16 Å². The van der Waals surface area contributed by atoms with E-state index in [1.54, 1.807) is 31.4 Å². The average Bonchev–Trinajstić information content (AvgIpc) is 2.79. The van der Waals surface area contributed by atoms with E-state index in [0.717, 1.165) is 4.47 Å². The van der Waals surface area contributed by atoms with Gasteiger partial charge in [0, 0.05) is 16.2 Å². The fourth-order valence-electron chi connectivity index (χ4n) is 3.05. The molecule has 0 saturated carbocycles. The number of benzene rings is 3. The number of methoxy groups -OCH3 is 1. The molecular formula is C23H18BrN3O3S. The highest BCUT2D eigenvalue weighted by atomic mass is 79.9. The summed E-state index contributed by atoms with van der Waals surface area (Å²) in [5.41, 5.74) is 1.71. The Morgan fingerprint density at radius 3 is 2.65 bits per heavy atom. The largest absolute Gasteiger partial charge is 0.497 e. The lowest BCUT2D eigenvalue weighted by Gasteiger charge is -2.14. The molecule has 3 aromatic carbocycles. The Morgan fingerprint density at radius 2 is 1.87 bits per heavy atom. The van der Waals surface area contributed by atoms with Gasteiger partial charge in [-0.2, -0.15) is 0 Å². The van der Waals surface area contributed by atoms with Gasteiger partial charge in [0.05, 0.1) is 29.5 Å². The van der Waals surface area contributed by atoms with Crippen molar-refractivity contribution in [3.8, 4) is 11.4 Å². The monoisotopic (exact) mass is 495 g/mol. The summed E-state index contributed by atoms with van der Waals surface area (Å²) in [4.78, 5) is 30.4. The number of hydrogen-bond acceptors (Lipinski definition) is 5. The minimum absolute atomic E-state index is 0.102. The first kappa shape index (κ1) is 21.1. The summed E-state index contributed by atoms with van der Waals surface area (Å²) in [6, 6.07) is 21.7. The fraction of sp³-hybridized carbons (Fsp3) is 0.0870. The molecule has 0 bridgehead atoms. The van der Waals surface area contributed by atoms with Crippen LogP contribution in [-0.2, 0) is 4.79 Å². The molecule has 1 aromatic heterocycles. The first-order chi connectivity index (χ1) is 15.0. The molecule has 4 rings (SSSR count). The summed E-state index contributed by atoms with van der Waals surface area (Å²) in [5, 5.41) is 3.79. The third kappa shape index (κ3) is 4.81. The standard InChI is InChI=1S/C23H18BrN3O3S/c1-30-18-6-4-5-17(13-18)27-22(29)19-7-2-3-8-20(19)26-23(27)31-14-21(28)25-16-11-9-15(24)10-12-16/h2-13H,14H2,1H3,(H,25,28). The number of hydrogen-bond donors (Lipinski definition) is 1. The second-order valence-corrected chi connectivity index (χ2v) is 8.46. The van der Waals surface area contributed by atoms with Crippen LogP contribution in [0.1, 0.15) is 0 Å². The minimum atomic E-state index is -0.199. The Balaban J connectivity index is 1.68. The van der Waals surface area contributed by atoms with Gasteiger partial charge in [-0.1, -0.05) is 45.9 Å². The Bertz CT molecular complexity index is 1310. The Hall–Kier alpha value is -3.10. The van der Waals surface area contributed by atoms with Crippen LogP contribution >= 0.6 is 27.7 Å². The first-order valence-corrected chi connectivity index (χ1v) is 11.2. The predicted molar refractivity (Wildman–Crippen MR) is 127 cm³/mol. The van der Waals surface area contributed by atoms with Crippen molar-refractivity contribution in [1.29, 1.82) is 0 Å². The van der Waals surface area contributed by atoms with Gasteiger partial charge in [-0.3, -0.25) is 14.2 Å². The molecule has 0 saturated heterocycles. The molecule has 1 amide bonds. The van der Waals surface area contributed by atoms with Gasteiger partial charge >= 0.3 is 0 Å². The average molecular weight is 496 g/mol. The van der Waals surface area contributed by atoms with Crippen LogP contribution < -0.4 is 15.6 Å². The lowest BCUT2D eigenvalue weighted by Crippen LogP contribution is -2.23. The number of nitrogens with one attached hydrogen (secondary N) is 1. The van der Waals surface area contributed by atoms with E-state index in [9.17, 15) is 9.59 Å². The number of fused-ring (bicyclic) bond motifs is 1. The van der Waals surface area contributed by atoms with E-state index in [4.69, 9.17) is 4.74 Å². The molecule has 0 fully saturated rings. The van der Waals surface area contributed by atoms with Crippen LogP contribution in [0.25, 0.3) is 16.6 Å². The Labute approximate surface area is 191 Å². The molecule has 0 spiro atoms. The summed E-state index contributed by atoms with van der Waals surface area (Å²) in [5.74, 6) is 0.540. The molecule has 1 N–H and O–H groups in total. The van der Waals surface area contributed by atoms with Crippen molar-refractivity contribution in [1.82, 2.24) is 9.55 Å². The van der Waals surface area contributed by atoms with Gasteiger partial charge in [0.1, 0.15) is 5.75 Å². The lowest BCUT2D eigenvalue weighted by molar-refractivity contribution is -0.113. The molecule has 0 aliphatic carbocycles. The molecular weight excluding hydrogens is 478 g/mol. The van der Waals surface area contributed by atoms with Gasteiger partial charge in [0.25, 0.3) is 5.56 Å². The summed E-state index contributed by atoms with van der Waals surface area (Å²) in [6.45, 7) is 0. The van der Waals surface area contributed by atoms with Crippen LogP contribution in [0.4, 0.5) is 5.69 Å². The number of halogens is 1. The Morgan fingerprint density at radius 1 is 1.10 bits per heavy atom. The topological polar surface area (TPSA) is 73.2 Å². The van der Waals surface area contributed by atoms with Crippen molar-refractivity contribution in [2.24, 2.45) is 0 Å². The summed E-state index contributed by atoms with van der Waals surface area (Å²) in [7, 11) is 1.57. The third-order valence-corrected chi connectivity index (χ3v) is 5.98.